The van der Waals surface area contributed by atoms with Gasteiger partial charge in [-0.15, -0.1) is 0 Å². The van der Waals surface area contributed by atoms with Crippen molar-refractivity contribution in [3.05, 3.63) is 71.8 Å². The van der Waals surface area contributed by atoms with Gasteiger partial charge in [0.05, 0.1) is 19.1 Å². The highest BCUT2D eigenvalue weighted by molar-refractivity contribution is 5.94. The summed E-state index contributed by atoms with van der Waals surface area (Å²) in [5.74, 6) is 0.850. The van der Waals surface area contributed by atoms with Gasteiger partial charge in [0, 0.05) is 63.6 Å². The number of benzene rings is 2. The van der Waals surface area contributed by atoms with Crippen LogP contribution in [0.2, 0.25) is 0 Å². The first kappa shape index (κ1) is 27.7. The molecule has 2 bridgehead atoms. The summed E-state index contributed by atoms with van der Waals surface area (Å²) in [6, 6.07) is 13.4. The van der Waals surface area contributed by atoms with Gasteiger partial charge in [-0.2, -0.15) is 5.10 Å². The molecule has 2 aromatic carbocycles. The van der Waals surface area contributed by atoms with E-state index in [1.807, 2.05) is 36.4 Å². The normalized spacial score (nSPS) is 20.5. The van der Waals surface area contributed by atoms with E-state index < -0.39 is 5.92 Å². The Bertz CT molecular complexity index is 1430. The van der Waals surface area contributed by atoms with Crippen molar-refractivity contribution in [1.82, 2.24) is 29.9 Å². The van der Waals surface area contributed by atoms with Gasteiger partial charge < -0.3 is 24.6 Å². The van der Waals surface area contributed by atoms with Crippen molar-refractivity contribution in [2.75, 3.05) is 45.9 Å². The lowest BCUT2D eigenvalue weighted by atomic mass is 9.88. The first-order valence-electron chi connectivity index (χ1n) is 14.7. The number of carbonyl (C=O) groups is 3. The van der Waals surface area contributed by atoms with E-state index >= 15 is 0 Å². The molecule has 1 fully saturated rings. The van der Waals surface area contributed by atoms with E-state index in [-0.39, 0.29) is 23.6 Å². The number of amides is 3. The Hall–Kier alpha value is -4.41. The molecule has 0 unspecified atom stereocenters. The number of nitrogens with zero attached hydrogens (tertiary/aromatic N) is 5. The second kappa shape index (κ2) is 12.6. The molecule has 1 aromatic heterocycles. The van der Waals surface area contributed by atoms with Crippen LogP contribution in [0.1, 0.15) is 46.7 Å². The molecule has 42 heavy (non-hydrogen) atoms. The second-order valence-electron chi connectivity index (χ2n) is 11.1. The minimum absolute atomic E-state index is 0.0252. The summed E-state index contributed by atoms with van der Waals surface area (Å²) in [5.41, 5.74) is 2.65. The third-order valence-corrected chi connectivity index (χ3v) is 8.29. The number of ether oxygens (including phenoxy) is 2. The van der Waals surface area contributed by atoms with Crippen molar-refractivity contribution < 1.29 is 23.9 Å². The summed E-state index contributed by atoms with van der Waals surface area (Å²) in [4.78, 5) is 47.7. The fourth-order valence-electron chi connectivity index (χ4n) is 6.05. The summed E-state index contributed by atoms with van der Waals surface area (Å²) < 4.78 is 13.4. The highest BCUT2D eigenvalue weighted by atomic mass is 16.5. The molecule has 6 rings (SSSR count). The Morgan fingerprint density at radius 1 is 1.00 bits per heavy atom. The molecule has 11 nitrogen and oxygen atoms in total. The summed E-state index contributed by atoms with van der Waals surface area (Å²) in [6.45, 7) is 3.74. The lowest BCUT2D eigenvalue weighted by molar-refractivity contribution is -0.130. The van der Waals surface area contributed by atoms with Crippen LogP contribution >= 0.6 is 0 Å². The maximum Gasteiger partial charge on any atom is 0.253 e. The minimum Gasteiger partial charge on any atom is -0.494 e. The fraction of sp³-hybridized carbons (Fsp3) is 0.452. The van der Waals surface area contributed by atoms with E-state index in [0.717, 1.165) is 29.0 Å². The quantitative estimate of drug-likeness (QED) is 0.498. The molecule has 2 atom stereocenters. The number of aromatic nitrogens is 3. The Balaban J connectivity index is 1.15. The molecule has 1 N–H and O–H groups in total. The van der Waals surface area contributed by atoms with E-state index in [0.29, 0.717) is 77.3 Å². The number of nitrogens with one attached hydrogen (secondary N) is 1. The number of carbonyl (C=O) groups excluding carboxylic acids is 3. The molecule has 0 saturated carbocycles. The maximum atomic E-state index is 13.6. The van der Waals surface area contributed by atoms with Crippen LogP contribution in [0, 0.1) is 5.92 Å². The molecule has 3 aliphatic heterocycles. The number of likely N-dealkylation sites (tertiary alicyclic amines) is 1. The highest BCUT2D eigenvalue weighted by Gasteiger charge is 2.40. The molecule has 220 valence electrons. The molecule has 11 heteroatoms. The molecule has 0 spiro atoms. The van der Waals surface area contributed by atoms with Crippen molar-refractivity contribution in [2.24, 2.45) is 5.92 Å². The Kier molecular flexibility index (Phi) is 8.34. The Morgan fingerprint density at radius 2 is 1.90 bits per heavy atom. The minimum atomic E-state index is -0.400. The van der Waals surface area contributed by atoms with Gasteiger partial charge in [0.1, 0.15) is 24.2 Å². The molecule has 4 heterocycles. The molecule has 0 radical (unpaired) electrons. The van der Waals surface area contributed by atoms with Crippen molar-refractivity contribution in [3.63, 3.8) is 0 Å². The van der Waals surface area contributed by atoms with Gasteiger partial charge in [0.25, 0.3) is 5.91 Å². The molecule has 3 aromatic rings. The molecule has 3 aliphatic rings. The van der Waals surface area contributed by atoms with Gasteiger partial charge in [0.2, 0.25) is 11.8 Å². The standard InChI is InChI=1S/C31H36N6O5/c38-29(6-2-12-37-21-32-20-34-37)36-18-26-22-4-1-5-25(17-22)41-14-3-11-35(13-10-33-30(39)27(26)19-36)31(40)24-7-8-28-23(16-24)9-15-42-28/h1,4-5,7-8,16-17,20-21,26-27H,2-3,6,9-15,18-19H2,(H,33,39)/t26-,27+/m1/s1. The van der Waals surface area contributed by atoms with E-state index in [4.69, 9.17) is 9.47 Å². The smallest absolute Gasteiger partial charge is 0.253 e. The third-order valence-electron chi connectivity index (χ3n) is 8.29. The topological polar surface area (TPSA) is 119 Å². The molecule has 1 saturated heterocycles. The van der Waals surface area contributed by atoms with Gasteiger partial charge in [-0.05, 0) is 54.3 Å². The average molecular weight is 573 g/mol. The van der Waals surface area contributed by atoms with Crippen LogP contribution in [0.3, 0.4) is 0 Å². The second-order valence-corrected chi connectivity index (χ2v) is 11.1. The fourth-order valence-corrected chi connectivity index (χ4v) is 6.05. The first-order chi connectivity index (χ1) is 20.5. The molecular weight excluding hydrogens is 536 g/mol. The van der Waals surface area contributed by atoms with Crippen LogP contribution in [-0.2, 0) is 22.6 Å². The highest BCUT2D eigenvalue weighted by Crippen LogP contribution is 2.35. The van der Waals surface area contributed by atoms with Gasteiger partial charge in [-0.25, -0.2) is 4.98 Å². The SMILES string of the molecule is O=C1NCCN(C(=O)c2ccc3c(c2)CCO3)CCCOc2cccc(c2)[C@H]2CN(C(=O)CCCn3cncn3)C[C@H]12. The van der Waals surface area contributed by atoms with Crippen LogP contribution in [0.5, 0.6) is 11.5 Å². The lowest BCUT2D eigenvalue weighted by Crippen LogP contribution is -2.42. The number of hydrogen-bond donors (Lipinski definition) is 1. The summed E-state index contributed by atoms with van der Waals surface area (Å²) in [5, 5.41) is 7.17. The summed E-state index contributed by atoms with van der Waals surface area (Å²) in [7, 11) is 0. The largest absolute Gasteiger partial charge is 0.494 e. The zero-order valence-corrected chi connectivity index (χ0v) is 23.6. The average Bonchev–Trinajstić information content (AvgIpc) is 3.78. The molecule has 3 amide bonds. The number of hydrogen-bond acceptors (Lipinski definition) is 7. The van der Waals surface area contributed by atoms with Crippen LogP contribution < -0.4 is 14.8 Å². The monoisotopic (exact) mass is 572 g/mol. The summed E-state index contributed by atoms with van der Waals surface area (Å²) >= 11 is 0. The van der Waals surface area contributed by atoms with Crippen molar-refractivity contribution >= 4 is 17.7 Å². The zero-order valence-electron chi connectivity index (χ0n) is 23.6. The number of aryl methyl sites for hydroxylation is 1. The van der Waals surface area contributed by atoms with E-state index in [1.54, 1.807) is 26.9 Å². The van der Waals surface area contributed by atoms with Gasteiger partial charge in [-0.3, -0.25) is 19.1 Å². The first-order valence-corrected chi connectivity index (χ1v) is 14.7. The molecular formula is C31H36N6O5. The van der Waals surface area contributed by atoms with Crippen LogP contribution in [0.15, 0.2) is 55.1 Å². The maximum absolute atomic E-state index is 13.6. The van der Waals surface area contributed by atoms with E-state index in [9.17, 15) is 14.4 Å². The van der Waals surface area contributed by atoms with E-state index in [1.165, 1.54) is 6.33 Å². The predicted octanol–water partition coefficient (Wildman–Crippen LogP) is 2.28. The van der Waals surface area contributed by atoms with Gasteiger partial charge >= 0.3 is 0 Å². The number of rotatable bonds is 5. The van der Waals surface area contributed by atoms with Crippen LogP contribution in [0.25, 0.3) is 0 Å². The van der Waals surface area contributed by atoms with E-state index in [2.05, 4.69) is 15.4 Å². The van der Waals surface area contributed by atoms with Crippen LogP contribution in [-0.4, -0.2) is 88.2 Å². The summed E-state index contributed by atoms with van der Waals surface area (Å²) in [6.07, 6.45) is 5.58. The van der Waals surface area contributed by atoms with Gasteiger partial charge in [-0.1, -0.05) is 12.1 Å². The Labute approximate surface area is 244 Å². The van der Waals surface area contributed by atoms with Crippen molar-refractivity contribution in [2.45, 2.75) is 38.1 Å². The van der Waals surface area contributed by atoms with Gasteiger partial charge in [0.15, 0.2) is 0 Å². The van der Waals surface area contributed by atoms with Crippen LogP contribution in [0.4, 0.5) is 0 Å². The van der Waals surface area contributed by atoms with Crippen molar-refractivity contribution in [3.8, 4) is 11.5 Å². The Morgan fingerprint density at radius 3 is 2.79 bits per heavy atom. The molecule has 0 aliphatic carbocycles. The third kappa shape index (κ3) is 6.24. The lowest BCUT2D eigenvalue weighted by Gasteiger charge is -2.25. The predicted molar refractivity (Wildman–Crippen MR) is 153 cm³/mol. The van der Waals surface area contributed by atoms with Crippen molar-refractivity contribution in [1.29, 1.82) is 0 Å². The number of fused-ring (bicyclic) bond motifs is 5. The zero-order chi connectivity index (χ0) is 28.9.